The van der Waals surface area contributed by atoms with Crippen LogP contribution in [0.1, 0.15) is 19.7 Å². The molecule has 5 heteroatoms. The molecule has 0 saturated heterocycles. The van der Waals surface area contributed by atoms with Crippen molar-refractivity contribution in [1.82, 2.24) is 9.97 Å². The first-order valence-corrected chi connectivity index (χ1v) is 4.54. The summed E-state index contributed by atoms with van der Waals surface area (Å²) in [5.74, 6) is 0.560. The van der Waals surface area contributed by atoms with Crippen molar-refractivity contribution in [2.24, 2.45) is 5.92 Å². The molecule has 3 N–H and O–H groups in total. The van der Waals surface area contributed by atoms with E-state index in [2.05, 4.69) is 15.3 Å². The fourth-order valence-corrected chi connectivity index (χ4v) is 1.04. The van der Waals surface area contributed by atoms with E-state index in [4.69, 9.17) is 0 Å². The molecule has 0 unspecified atom stereocenters. The number of rotatable bonds is 3. The normalized spacial score (nSPS) is 10.6. The van der Waals surface area contributed by atoms with Crippen LogP contribution in [-0.2, 0) is 0 Å². The van der Waals surface area contributed by atoms with Crippen LogP contribution in [0.4, 0.5) is 5.69 Å². The minimum absolute atomic E-state index is 0.143. The van der Waals surface area contributed by atoms with E-state index in [0.717, 1.165) is 0 Å². The van der Waals surface area contributed by atoms with Crippen molar-refractivity contribution in [2.45, 2.75) is 20.8 Å². The lowest BCUT2D eigenvalue weighted by molar-refractivity contribution is 0.451. The third-order valence-electron chi connectivity index (χ3n) is 1.71. The van der Waals surface area contributed by atoms with Gasteiger partial charge >= 0.3 is 0 Å². The van der Waals surface area contributed by atoms with Gasteiger partial charge in [0, 0.05) is 6.54 Å². The summed E-state index contributed by atoms with van der Waals surface area (Å²) in [6.45, 7) is 6.27. The van der Waals surface area contributed by atoms with E-state index in [1.54, 1.807) is 6.92 Å². The molecule has 0 radical (unpaired) electrons. The summed E-state index contributed by atoms with van der Waals surface area (Å²) in [6, 6.07) is 0. The summed E-state index contributed by atoms with van der Waals surface area (Å²) >= 11 is 0. The molecule has 5 nitrogen and oxygen atoms in total. The number of nitrogens with one attached hydrogen (secondary N) is 2. The van der Waals surface area contributed by atoms with Crippen molar-refractivity contribution in [3.8, 4) is 5.88 Å². The molecule has 0 aliphatic heterocycles. The highest BCUT2D eigenvalue weighted by Gasteiger charge is 2.08. The molecule has 0 bridgehead atoms. The minimum Gasteiger partial charge on any atom is -0.492 e. The molecule has 0 amide bonds. The molecular formula is C9H15N3O2. The molecule has 0 aliphatic carbocycles. The average Bonchev–Trinajstić information content (AvgIpc) is 2.01. The average molecular weight is 197 g/mol. The predicted octanol–water partition coefficient (Wildman–Crippen LogP) is 0.852. The van der Waals surface area contributed by atoms with E-state index >= 15 is 0 Å². The first-order valence-electron chi connectivity index (χ1n) is 4.54. The Labute approximate surface area is 82.2 Å². The number of nitrogens with zero attached hydrogens (tertiary/aromatic N) is 1. The molecule has 0 saturated carbocycles. The van der Waals surface area contributed by atoms with Crippen molar-refractivity contribution >= 4 is 5.69 Å². The fourth-order valence-electron chi connectivity index (χ4n) is 1.04. The highest BCUT2D eigenvalue weighted by Crippen LogP contribution is 2.13. The lowest BCUT2D eigenvalue weighted by atomic mass is 10.2. The van der Waals surface area contributed by atoms with Crippen LogP contribution in [0.2, 0.25) is 0 Å². The van der Waals surface area contributed by atoms with Gasteiger partial charge in [-0.3, -0.25) is 4.79 Å². The number of anilines is 1. The smallest absolute Gasteiger partial charge is 0.278 e. The van der Waals surface area contributed by atoms with Gasteiger partial charge in [0.2, 0.25) is 5.88 Å². The van der Waals surface area contributed by atoms with Crippen molar-refractivity contribution in [2.75, 3.05) is 11.9 Å². The first kappa shape index (κ1) is 10.6. The number of hydrogen-bond acceptors (Lipinski definition) is 4. The summed E-state index contributed by atoms with van der Waals surface area (Å²) in [4.78, 5) is 17.6. The summed E-state index contributed by atoms with van der Waals surface area (Å²) in [5, 5.41) is 12.2. The number of hydrogen-bond donors (Lipinski definition) is 3. The third-order valence-corrected chi connectivity index (χ3v) is 1.71. The van der Waals surface area contributed by atoms with Gasteiger partial charge in [0.25, 0.3) is 5.56 Å². The molecule has 0 aliphatic rings. The standard InChI is InChI=1S/C9H15N3O2/c1-5(2)4-10-7-8(13)11-6(3)12-9(7)14/h5,10H,4H2,1-3H3,(H2,11,12,13,14). The highest BCUT2D eigenvalue weighted by molar-refractivity contribution is 5.49. The zero-order valence-corrected chi connectivity index (χ0v) is 8.59. The number of aromatic amines is 1. The van der Waals surface area contributed by atoms with E-state index < -0.39 is 0 Å². The zero-order chi connectivity index (χ0) is 10.7. The molecule has 0 atom stereocenters. The summed E-state index contributed by atoms with van der Waals surface area (Å²) in [7, 11) is 0. The number of aromatic nitrogens is 2. The Morgan fingerprint density at radius 3 is 2.71 bits per heavy atom. The lowest BCUT2D eigenvalue weighted by Gasteiger charge is -2.08. The maximum absolute atomic E-state index is 11.4. The number of aromatic hydroxyl groups is 1. The summed E-state index contributed by atoms with van der Waals surface area (Å²) in [6.07, 6.45) is 0. The van der Waals surface area contributed by atoms with Crippen LogP contribution < -0.4 is 10.9 Å². The topological polar surface area (TPSA) is 78.0 Å². The molecule has 14 heavy (non-hydrogen) atoms. The maximum atomic E-state index is 11.4. The third kappa shape index (κ3) is 2.48. The highest BCUT2D eigenvalue weighted by atomic mass is 16.3. The van der Waals surface area contributed by atoms with Gasteiger partial charge < -0.3 is 15.4 Å². The van der Waals surface area contributed by atoms with Crippen LogP contribution in [0.5, 0.6) is 5.88 Å². The SMILES string of the molecule is Cc1nc(O)c(NCC(C)C)c(=O)[nH]1. The molecule has 0 spiro atoms. The summed E-state index contributed by atoms with van der Waals surface area (Å²) in [5.41, 5.74) is -0.194. The molecule has 78 valence electrons. The number of aryl methyl sites for hydroxylation is 1. The van der Waals surface area contributed by atoms with E-state index in [-0.39, 0.29) is 17.1 Å². The van der Waals surface area contributed by atoms with Gasteiger partial charge in [0.05, 0.1) is 0 Å². The van der Waals surface area contributed by atoms with Crippen LogP contribution in [-0.4, -0.2) is 21.6 Å². The second kappa shape index (κ2) is 4.13. The van der Waals surface area contributed by atoms with Gasteiger partial charge in [-0.05, 0) is 12.8 Å². The molecule has 1 aromatic rings. The Morgan fingerprint density at radius 1 is 1.57 bits per heavy atom. The van der Waals surface area contributed by atoms with Crippen LogP contribution >= 0.6 is 0 Å². The van der Waals surface area contributed by atoms with Crippen LogP contribution in [0.15, 0.2) is 4.79 Å². The monoisotopic (exact) mass is 197 g/mol. The Hall–Kier alpha value is -1.52. The van der Waals surface area contributed by atoms with E-state index in [9.17, 15) is 9.90 Å². The largest absolute Gasteiger partial charge is 0.492 e. The van der Waals surface area contributed by atoms with Gasteiger partial charge in [0.1, 0.15) is 5.82 Å². The van der Waals surface area contributed by atoms with Crippen molar-refractivity contribution in [3.05, 3.63) is 16.2 Å². The lowest BCUT2D eigenvalue weighted by Crippen LogP contribution is -2.19. The molecular weight excluding hydrogens is 182 g/mol. The quantitative estimate of drug-likeness (QED) is 0.671. The van der Waals surface area contributed by atoms with E-state index in [1.807, 2.05) is 13.8 Å². The van der Waals surface area contributed by atoms with Crippen molar-refractivity contribution < 1.29 is 5.11 Å². The minimum atomic E-state index is -0.337. The molecule has 1 rings (SSSR count). The Kier molecular flexibility index (Phi) is 3.11. The predicted molar refractivity (Wildman–Crippen MR) is 54.6 cm³/mol. The fraction of sp³-hybridized carbons (Fsp3) is 0.556. The zero-order valence-electron chi connectivity index (χ0n) is 8.59. The number of H-pyrrole nitrogens is 1. The molecule has 0 fully saturated rings. The van der Waals surface area contributed by atoms with Gasteiger partial charge in [-0.1, -0.05) is 13.8 Å². The maximum Gasteiger partial charge on any atom is 0.278 e. The Bertz CT molecular complexity index is 371. The van der Waals surface area contributed by atoms with E-state index in [0.29, 0.717) is 18.3 Å². The molecule has 1 heterocycles. The Balaban J connectivity index is 2.92. The van der Waals surface area contributed by atoms with Crippen LogP contribution in [0.25, 0.3) is 0 Å². The Morgan fingerprint density at radius 2 is 2.21 bits per heavy atom. The van der Waals surface area contributed by atoms with Crippen LogP contribution in [0, 0.1) is 12.8 Å². The van der Waals surface area contributed by atoms with Gasteiger partial charge in [-0.2, -0.15) is 4.98 Å². The van der Waals surface area contributed by atoms with Gasteiger partial charge in [0.15, 0.2) is 5.69 Å². The molecule has 0 aromatic carbocycles. The van der Waals surface area contributed by atoms with Crippen molar-refractivity contribution in [1.29, 1.82) is 0 Å². The van der Waals surface area contributed by atoms with Crippen LogP contribution in [0.3, 0.4) is 0 Å². The van der Waals surface area contributed by atoms with E-state index in [1.165, 1.54) is 0 Å². The second-order valence-electron chi connectivity index (χ2n) is 3.62. The second-order valence-corrected chi connectivity index (χ2v) is 3.62. The summed E-state index contributed by atoms with van der Waals surface area (Å²) < 4.78 is 0. The van der Waals surface area contributed by atoms with Gasteiger partial charge in [-0.25, -0.2) is 0 Å². The molecule has 1 aromatic heterocycles. The first-order chi connectivity index (χ1) is 6.50. The van der Waals surface area contributed by atoms with Crippen molar-refractivity contribution in [3.63, 3.8) is 0 Å². The van der Waals surface area contributed by atoms with Gasteiger partial charge in [-0.15, -0.1) is 0 Å².